The molecule has 2 aromatic heterocycles. The Balaban J connectivity index is 1.63. The molecule has 0 N–H and O–H groups in total. The van der Waals surface area contributed by atoms with Crippen LogP contribution in [-0.4, -0.2) is 46.6 Å². The van der Waals surface area contributed by atoms with Gasteiger partial charge in [0.1, 0.15) is 12.1 Å². The maximum atomic E-state index is 5.44. The summed E-state index contributed by atoms with van der Waals surface area (Å²) in [6.45, 7) is 2.51. The van der Waals surface area contributed by atoms with Crippen molar-refractivity contribution in [2.45, 2.75) is 18.8 Å². The first-order valence-corrected chi connectivity index (χ1v) is 7.31. The SMILES string of the molecule is CN(CCc1cnn(C)c1)c1cc(C2CCOC2)ncn1. The van der Waals surface area contributed by atoms with Crippen molar-refractivity contribution in [3.63, 3.8) is 0 Å². The lowest BCUT2D eigenvalue weighted by molar-refractivity contribution is 0.193. The summed E-state index contributed by atoms with van der Waals surface area (Å²) in [5.41, 5.74) is 2.33. The minimum atomic E-state index is 0.415. The van der Waals surface area contributed by atoms with Gasteiger partial charge in [-0.25, -0.2) is 9.97 Å². The fourth-order valence-electron chi connectivity index (χ4n) is 2.57. The third-order valence-electron chi connectivity index (χ3n) is 3.91. The fourth-order valence-corrected chi connectivity index (χ4v) is 2.57. The second-order valence-electron chi connectivity index (χ2n) is 5.56. The number of nitrogens with zero attached hydrogens (tertiary/aromatic N) is 5. The molecule has 112 valence electrons. The summed E-state index contributed by atoms with van der Waals surface area (Å²) in [5.74, 6) is 1.38. The Hall–Kier alpha value is -1.95. The predicted molar refractivity (Wildman–Crippen MR) is 80.4 cm³/mol. The van der Waals surface area contributed by atoms with Crippen LogP contribution >= 0.6 is 0 Å². The fraction of sp³-hybridized carbons (Fsp3) is 0.533. The average Bonchev–Trinajstić information content (AvgIpc) is 3.16. The van der Waals surface area contributed by atoms with Crippen molar-refractivity contribution in [1.82, 2.24) is 19.7 Å². The molecule has 1 unspecified atom stereocenters. The molecular formula is C15H21N5O. The van der Waals surface area contributed by atoms with Crippen LogP contribution in [0.15, 0.2) is 24.8 Å². The Morgan fingerprint density at radius 1 is 1.43 bits per heavy atom. The average molecular weight is 287 g/mol. The molecule has 2 aromatic rings. The number of hydrogen-bond donors (Lipinski definition) is 0. The summed E-state index contributed by atoms with van der Waals surface area (Å²) in [5, 5.41) is 4.19. The van der Waals surface area contributed by atoms with E-state index in [4.69, 9.17) is 4.74 Å². The lowest BCUT2D eigenvalue weighted by atomic mass is 10.0. The molecule has 1 saturated heterocycles. The highest BCUT2D eigenvalue weighted by atomic mass is 16.5. The zero-order valence-corrected chi connectivity index (χ0v) is 12.6. The third kappa shape index (κ3) is 3.39. The summed E-state index contributed by atoms with van der Waals surface area (Å²) in [6.07, 6.45) is 7.62. The second-order valence-corrected chi connectivity index (χ2v) is 5.56. The molecule has 1 fully saturated rings. The summed E-state index contributed by atoms with van der Waals surface area (Å²) < 4.78 is 7.27. The minimum Gasteiger partial charge on any atom is -0.381 e. The van der Waals surface area contributed by atoms with Gasteiger partial charge in [-0.1, -0.05) is 0 Å². The van der Waals surface area contributed by atoms with Crippen LogP contribution in [0, 0.1) is 0 Å². The van der Waals surface area contributed by atoms with E-state index in [0.717, 1.165) is 44.1 Å². The van der Waals surface area contributed by atoms with Crippen molar-refractivity contribution in [2.75, 3.05) is 31.7 Å². The van der Waals surface area contributed by atoms with Crippen LogP contribution in [0.2, 0.25) is 0 Å². The molecule has 0 aromatic carbocycles. The van der Waals surface area contributed by atoms with Gasteiger partial charge < -0.3 is 9.64 Å². The molecule has 0 spiro atoms. The number of rotatable bonds is 5. The summed E-state index contributed by atoms with van der Waals surface area (Å²) in [7, 11) is 4.00. The van der Waals surface area contributed by atoms with Gasteiger partial charge in [-0.2, -0.15) is 5.10 Å². The van der Waals surface area contributed by atoms with Crippen molar-refractivity contribution in [2.24, 2.45) is 7.05 Å². The van der Waals surface area contributed by atoms with Gasteiger partial charge in [0.2, 0.25) is 0 Å². The zero-order chi connectivity index (χ0) is 14.7. The maximum Gasteiger partial charge on any atom is 0.131 e. The highest BCUT2D eigenvalue weighted by Crippen LogP contribution is 2.25. The Labute approximate surface area is 124 Å². The van der Waals surface area contributed by atoms with E-state index >= 15 is 0 Å². The molecule has 0 amide bonds. The van der Waals surface area contributed by atoms with Crippen LogP contribution in [-0.2, 0) is 18.2 Å². The van der Waals surface area contributed by atoms with Crippen molar-refractivity contribution >= 4 is 5.82 Å². The number of ether oxygens (including phenoxy) is 1. The highest BCUT2D eigenvalue weighted by Gasteiger charge is 2.20. The molecule has 0 aliphatic carbocycles. The van der Waals surface area contributed by atoms with Crippen LogP contribution in [0.25, 0.3) is 0 Å². The molecule has 1 atom stereocenters. The lowest BCUT2D eigenvalue weighted by Crippen LogP contribution is -2.22. The van der Waals surface area contributed by atoms with Gasteiger partial charge in [-0.3, -0.25) is 4.68 Å². The first-order chi connectivity index (χ1) is 10.2. The number of aryl methyl sites for hydroxylation is 1. The quantitative estimate of drug-likeness (QED) is 0.832. The normalized spacial score (nSPS) is 18.1. The first-order valence-electron chi connectivity index (χ1n) is 7.31. The monoisotopic (exact) mass is 287 g/mol. The van der Waals surface area contributed by atoms with Crippen molar-refractivity contribution in [3.05, 3.63) is 36.0 Å². The van der Waals surface area contributed by atoms with E-state index in [-0.39, 0.29) is 0 Å². The number of anilines is 1. The van der Waals surface area contributed by atoms with Crippen LogP contribution in [0.5, 0.6) is 0 Å². The van der Waals surface area contributed by atoms with Crippen LogP contribution in [0.1, 0.15) is 23.6 Å². The Kier molecular flexibility index (Phi) is 4.15. The van der Waals surface area contributed by atoms with Crippen molar-refractivity contribution in [3.8, 4) is 0 Å². The molecule has 0 bridgehead atoms. The van der Waals surface area contributed by atoms with Gasteiger partial charge in [0.25, 0.3) is 0 Å². The molecule has 6 heteroatoms. The Bertz CT molecular complexity index is 591. The lowest BCUT2D eigenvalue weighted by Gasteiger charge is -2.18. The highest BCUT2D eigenvalue weighted by molar-refractivity contribution is 5.39. The van der Waals surface area contributed by atoms with Gasteiger partial charge in [0.15, 0.2) is 0 Å². The molecule has 3 rings (SSSR count). The second kappa shape index (κ2) is 6.22. The van der Waals surface area contributed by atoms with E-state index in [0.29, 0.717) is 5.92 Å². The molecule has 0 saturated carbocycles. The summed E-state index contributed by atoms with van der Waals surface area (Å²) in [4.78, 5) is 10.9. The topological polar surface area (TPSA) is 56.1 Å². The van der Waals surface area contributed by atoms with Gasteiger partial charge in [0.05, 0.1) is 18.5 Å². The van der Waals surface area contributed by atoms with Gasteiger partial charge in [-0.15, -0.1) is 0 Å². The van der Waals surface area contributed by atoms with Gasteiger partial charge in [-0.05, 0) is 18.4 Å². The first kappa shape index (κ1) is 14.0. The molecule has 21 heavy (non-hydrogen) atoms. The van der Waals surface area contributed by atoms with Crippen molar-refractivity contribution in [1.29, 1.82) is 0 Å². The summed E-state index contributed by atoms with van der Waals surface area (Å²) in [6, 6.07) is 2.09. The van der Waals surface area contributed by atoms with E-state index < -0.39 is 0 Å². The third-order valence-corrected chi connectivity index (χ3v) is 3.91. The van der Waals surface area contributed by atoms with E-state index in [9.17, 15) is 0 Å². The van der Waals surface area contributed by atoms with Crippen LogP contribution in [0.3, 0.4) is 0 Å². The van der Waals surface area contributed by atoms with Crippen molar-refractivity contribution < 1.29 is 4.74 Å². The predicted octanol–water partition coefficient (Wildman–Crippen LogP) is 1.39. The van der Waals surface area contributed by atoms with E-state index in [1.165, 1.54) is 5.56 Å². The maximum absolute atomic E-state index is 5.44. The van der Waals surface area contributed by atoms with Crippen LogP contribution < -0.4 is 4.90 Å². The number of aromatic nitrogens is 4. The molecule has 1 aliphatic heterocycles. The van der Waals surface area contributed by atoms with E-state index in [2.05, 4.69) is 39.3 Å². The van der Waals surface area contributed by atoms with E-state index in [1.54, 1.807) is 6.33 Å². The molecule has 1 aliphatic rings. The van der Waals surface area contributed by atoms with Gasteiger partial charge >= 0.3 is 0 Å². The Morgan fingerprint density at radius 3 is 3.05 bits per heavy atom. The minimum absolute atomic E-state index is 0.415. The van der Waals surface area contributed by atoms with Crippen LogP contribution in [0.4, 0.5) is 5.82 Å². The summed E-state index contributed by atoms with van der Waals surface area (Å²) >= 11 is 0. The van der Waals surface area contributed by atoms with Gasteiger partial charge in [0, 0.05) is 45.4 Å². The standard InChI is InChI=1S/C15H21N5O/c1-19(5-3-12-8-18-20(2)9-12)15-7-14(16-11-17-15)13-4-6-21-10-13/h7-9,11,13H,3-6,10H2,1-2H3. The van der Waals surface area contributed by atoms with E-state index in [1.807, 2.05) is 17.9 Å². The molecular weight excluding hydrogens is 266 g/mol. The zero-order valence-electron chi connectivity index (χ0n) is 12.6. The molecule has 6 nitrogen and oxygen atoms in total. The Morgan fingerprint density at radius 2 is 2.33 bits per heavy atom. The number of likely N-dealkylation sites (N-methyl/N-ethyl adjacent to an activating group) is 1. The molecule has 3 heterocycles. The smallest absolute Gasteiger partial charge is 0.131 e. The number of hydrogen-bond acceptors (Lipinski definition) is 5. The largest absolute Gasteiger partial charge is 0.381 e. The molecule has 0 radical (unpaired) electrons.